The number of carbonyl (C=O) groups is 1. The van der Waals surface area contributed by atoms with Crippen LogP contribution in [0.1, 0.15) is 25.1 Å². The average Bonchev–Trinajstić information content (AvgIpc) is 3.56. The molecule has 0 aliphatic carbocycles. The average molecular weight is 470 g/mol. The van der Waals surface area contributed by atoms with Crippen LogP contribution in [0, 0.1) is 0 Å². The van der Waals surface area contributed by atoms with Crippen LogP contribution in [0.15, 0.2) is 59.4 Å². The van der Waals surface area contributed by atoms with Crippen LogP contribution in [0.25, 0.3) is 33.9 Å². The van der Waals surface area contributed by atoms with Crippen LogP contribution in [-0.4, -0.2) is 35.2 Å². The fourth-order valence-electron chi connectivity index (χ4n) is 4.53. The van der Waals surface area contributed by atoms with Gasteiger partial charge in [-0.05, 0) is 37.1 Å². The first-order valence-electron chi connectivity index (χ1n) is 11.4. The molecule has 4 heterocycles. The molecule has 0 radical (unpaired) electrons. The minimum atomic E-state index is -0.128. The second-order valence-electron chi connectivity index (χ2n) is 8.42. The van der Waals surface area contributed by atoms with Crippen LogP contribution < -0.4 is 5.32 Å². The summed E-state index contributed by atoms with van der Waals surface area (Å²) in [6.07, 6.45) is 4.46. The third kappa shape index (κ3) is 3.88. The van der Waals surface area contributed by atoms with Crippen LogP contribution in [0.3, 0.4) is 0 Å². The Labute approximate surface area is 200 Å². The summed E-state index contributed by atoms with van der Waals surface area (Å²) >= 11 is 1.51. The Morgan fingerprint density at radius 1 is 1.03 bits per heavy atom. The number of nitrogens with one attached hydrogen (secondary N) is 1. The highest BCUT2D eigenvalue weighted by Crippen LogP contribution is 2.26. The van der Waals surface area contributed by atoms with Crippen LogP contribution in [-0.2, 0) is 24.3 Å². The number of para-hydroxylation sites is 2. The lowest BCUT2D eigenvalue weighted by molar-refractivity contribution is -0.116. The van der Waals surface area contributed by atoms with Gasteiger partial charge in [0.1, 0.15) is 18.1 Å². The second kappa shape index (κ2) is 8.83. The van der Waals surface area contributed by atoms with Gasteiger partial charge in [-0.3, -0.25) is 4.79 Å². The van der Waals surface area contributed by atoms with Crippen molar-refractivity contribution in [2.24, 2.45) is 0 Å². The number of imidazole rings is 1. The van der Waals surface area contributed by atoms with Crippen molar-refractivity contribution >= 4 is 34.0 Å². The molecule has 2 aromatic carbocycles. The van der Waals surface area contributed by atoms with E-state index in [1.807, 2.05) is 58.5 Å². The number of rotatable bonds is 5. The molecule has 3 aromatic heterocycles. The van der Waals surface area contributed by atoms with Crippen LogP contribution in [0.5, 0.6) is 0 Å². The van der Waals surface area contributed by atoms with Gasteiger partial charge in [-0.15, -0.1) is 21.5 Å². The topological polar surface area (TPSA) is 90.5 Å². The molecule has 34 heavy (non-hydrogen) atoms. The van der Waals surface area contributed by atoms with E-state index in [4.69, 9.17) is 4.98 Å². The summed E-state index contributed by atoms with van der Waals surface area (Å²) in [7, 11) is 0. The van der Waals surface area contributed by atoms with Gasteiger partial charge in [0.2, 0.25) is 5.91 Å². The van der Waals surface area contributed by atoms with Gasteiger partial charge < -0.3 is 14.5 Å². The summed E-state index contributed by atoms with van der Waals surface area (Å²) in [5, 5.41) is 13.8. The Kier molecular flexibility index (Phi) is 5.38. The molecule has 0 saturated heterocycles. The Balaban J connectivity index is 1.27. The van der Waals surface area contributed by atoms with Gasteiger partial charge in [0.05, 0.1) is 16.5 Å². The highest BCUT2D eigenvalue weighted by Gasteiger charge is 2.18. The quantitative estimate of drug-likeness (QED) is 0.400. The molecule has 0 unspecified atom stereocenters. The summed E-state index contributed by atoms with van der Waals surface area (Å²) in [6.45, 7) is 1.07. The monoisotopic (exact) mass is 469 g/mol. The Morgan fingerprint density at radius 2 is 1.97 bits per heavy atom. The number of aryl methyl sites for hydroxylation is 1. The van der Waals surface area contributed by atoms with Crippen LogP contribution in [0.4, 0.5) is 5.69 Å². The maximum atomic E-state index is 13.1. The SMILES string of the molecule is O=C(Cn1c(-c2cscn2)nc2ccccc21)Nc1cccc(-c2nnc3n2CCCCC3)c1. The van der Waals surface area contributed by atoms with Crippen LogP contribution >= 0.6 is 11.3 Å². The van der Waals surface area contributed by atoms with Crippen molar-refractivity contribution in [1.82, 2.24) is 29.3 Å². The molecule has 0 saturated carbocycles. The van der Waals surface area contributed by atoms with Gasteiger partial charge in [-0.1, -0.05) is 30.7 Å². The lowest BCUT2D eigenvalue weighted by atomic mass is 10.2. The van der Waals surface area contributed by atoms with E-state index in [-0.39, 0.29) is 12.5 Å². The highest BCUT2D eigenvalue weighted by atomic mass is 32.1. The van der Waals surface area contributed by atoms with Crippen molar-refractivity contribution in [3.8, 4) is 22.9 Å². The van der Waals surface area contributed by atoms with Crippen molar-refractivity contribution in [3.63, 3.8) is 0 Å². The summed E-state index contributed by atoms with van der Waals surface area (Å²) in [5.74, 6) is 2.47. The molecule has 0 fully saturated rings. The first kappa shape index (κ1) is 20.7. The molecule has 6 rings (SSSR count). The fraction of sp³-hybridized carbons (Fsp3) is 0.240. The van der Waals surface area contributed by atoms with E-state index >= 15 is 0 Å². The molecule has 170 valence electrons. The molecule has 0 atom stereocenters. The maximum Gasteiger partial charge on any atom is 0.244 e. The summed E-state index contributed by atoms with van der Waals surface area (Å²) in [5.41, 5.74) is 5.97. The van der Waals surface area contributed by atoms with E-state index in [2.05, 4.69) is 25.1 Å². The zero-order chi connectivity index (χ0) is 22.9. The largest absolute Gasteiger partial charge is 0.325 e. The lowest BCUT2D eigenvalue weighted by Gasteiger charge is -2.11. The molecule has 1 amide bonds. The third-order valence-electron chi connectivity index (χ3n) is 6.13. The van der Waals surface area contributed by atoms with E-state index in [0.717, 1.165) is 65.4 Å². The second-order valence-corrected chi connectivity index (χ2v) is 9.13. The molecule has 0 spiro atoms. The molecule has 1 N–H and O–H groups in total. The van der Waals surface area contributed by atoms with Gasteiger partial charge in [0.15, 0.2) is 11.6 Å². The van der Waals surface area contributed by atoms with E-state index in [9.17, 15) is 4.79 Å². The zero-order valence-corrected chi connectivity index (χ0v) is 19.3. The van der Waals surface area contributed by atoms with Crippen LogP contribution in [0.2, 0.25) is 0 Å². The van der Waals surface area contributed by atoms with Gasteiger partial charge in [0, 0.05) is 29.6 Å². The molecule has 1 aliphatic rings. The first-order valence-corrected chi connectivity index (χ1v) is 12.4. The van der Waals surface area contributed by atoms with Gasteiger partial charge >= 0.3 is 0 Å². The van der Waals surface area contributed by atoms with Gasteiger partial charge in [0.25, 0.3) is 0 Å². The number of hydrogen-bond acceptors (Lipinski definition) is 6. The van der Waals surface area contributed by atoms with Crippen molar-refractivity contribution in [2.45, 2.75) is 38.8 Å². The fourth-order valence-corrected chi connectivity index (χ4v) is 5.06. The molecule has 0 bridgehead atoms. The van der Waals surface area contributed by atoms with E-state index in [1.165, 1.54) is 17.8 Å². The first-order chi connectivity index (χ1) is 16.8. The summed E-state index contributed by atoms with van der Waals surface area (Å²) in [6, 6.07) is 15.6. The predicted molar refractivity (Wildman–Crippen MR) is 132 cm³/mol. The van der Waals surface area contributed by atoms with Gasteiger partial charge in [-0.2, -0.15) is 0 Å². The zero-order valence-electron chi connectivity index (χ0n) is 18.5. The highest BCUT2D eigenvalue weighted by molar-refractivity contribution is 7.07. The number of amides is 1. The number of fused-ring (bicyclic) bond motifs is 2. The van der Waals surface area contributed by atoms with E-state index in [1.54, 1.807) is 5.51 Å². The van der Waals surface area contributed by atoms with E-state index in [0.29, 0.717) is 5.82 Å². The lowest BCUT2D eigenvalue weighted by Crippen LogP contribution is -2.19. The Morgan fingerprint density at radius 3 is 2.88 bits per heavy atom. The number of carbonyl (C=O) groups excluding carboxylic acids is 1. The number of thiazole rings is 1. The number of benzene rings is 2. The Hall–Kier alpha value is -3.85. The normalized spacial score (nSPS) is 13.5. The molecule has 8 nitrogen and oxygen atoms in total. The minimum Gasteiger partial charge on any atom is -0.325 e. The van der Waals surface area contributed by atoms with Crippen molar-refractivity contribution < 1.29 is 4.79 Å². The number of hydrogen-bond donors (Lipinski definition) is 1. The smallest absolute Gasteiger partial charge is 0.244 e. The number of nitrogens with zero attached hydrogens (tertiary/aromatic N) is 6. The van der Waals surface area contributed by atoms with Gasteiger partial charge in [-0.25, -0.2) is 9.97 Å². The van der Waals surface area contributed by atoms with Crippen molar-refractivity contribution in [3.05, 3.63) is 65.2 Å². The minimum absolute atomic E-state index is 0.128. The molecule has 9 heteroatoms. The number of anilines is 1. The summed E-state index contributed by atoms with van der Waals surface area (Å²) < 4.78 is 4.13. The van der Waals surface area contributed by atoms with Crippen molar-refractivity contribution in [2.75, 3.05) is 5.32 Å². The van der Waals surface area contributed by atoms with E-state index < -0.39 is 0 Å². The maximum absolute atomic E-state index is 13.1. The molecule has 5 aromatic rings. The molecular weight excluding hydrogens is 446 g/mol. The standard InChI is InChI=1S/C25H23N7OS/c33-23(14-32-21-10-4-3-9-19(21)28-25(32)20-15-34-16-26-20)27-18-8-6-7-17(13-18)24-30-29-22-11-2-1-5-12-31(22)24/h3-4,6-10,13,15-16H,1-2,5,11-12,14H2,(H,27,33). The summed E-state index contributed by atoms with van der Waals surface area (Å²) in [4.78, 5) is 22.2. The molecule has 1 aliphatic heterocycles. The predicted octanol–water partition coefficient (Wildman–Crippen LogP) is 4.78. The number of aromatic nitrogens is 6. The molecular formula is C25H23N7OS. The Bertz CT molecular complexity index is 1470. The third-order valence-corrected chi connectivity index (χ3v) is 6.72. The van der Waals surface area contributed by atoms with Crippen molar-refractivity contribution in [1.29, 1.82) is 0 Å².